The van der Waals surface area contributed by atoms with Gasteiger partial charge in [0, 0.05) is 0 Å². The van der Waals surface area contributed by atoms with Crippen LogP contribution in [0.3, 0.4) is 0 Å². The van der Waals surface area contributed by atoms with E-state index < -0.39 is 0 Å². The molecule has 0 amide bonds. The highest BCUT2D eigenvalue weighted by Crippen LogP contribution is 2.25. The number of nitrogens with zero attached hydrogens (tertiary/aromatic N) is 2. The Kier molecular flexibility index (Phi) is 7.14. The van der Waals surface area contributed by atoms with Gasteiger partial charge in [-0.1, -0.05) is 52.9 Å². The van der Waals surface area contributed by atoms with Gasteiger partial charge in [0.15, 0.2) is 0 Å². The molecule has 0 radical (unpaired) electrons. The molecule has 0 aromatic heterocycles. The number of rotatable bonds is 9. The monoisotopic (exact) mass is 236 g/mol. The predicted octanol–water partition coefficient (Wildman–Crippen LogP) is 5.50. The molecule has 0 aromatic rings. The molecule has 2 nitrogen and oxygen atoms in total. The zero-order valence-corrected chi connectivity index (χ0v) is 11.8. The van der Waals surface area contributed by atoms with Gasteiger partial charge in [0.25, 0.3) is 0 Å². The molecule has 0 saturated carbocycles. The van der Waals surface area contributed by atoms with Crippen molar-refractivity contribution in [3.8, 4) is 0 Å². The quantitative estimate of drug-likeness (QED) is 0.472. The third-order valence-electron chi connectivity index (χ3n) is 3.44. The van der Waals surface area contributed by atoms with Gasteiger partial charge in [-0.25, -0.2) is 0 Å². The van der Waals surface area contributed by atoms with E-state index in [9.17, 15) is 0 Å². The average Bonchev–Trinajstić information content (AvgIpc) is 2.72. The fourth-order valence-electron chi connectivity index (χ4n) is 2.30. The smallest absolute Gasteiger partial charge is 0.0940 e. The molecule has 17 heavy (non-hydrogen) atoms. The van der Waals surface area contributed by atoms with E-state index in [0.29, 0.717) is 6.04 Å². The molecule has 0 fully saturated rings. The summed E-state index contributed by atoms with van der Waals surface area (Å²) in [6, 6.07) is 0.412. The van der Waals surface area contributed by atoms with Crippen LogP contribution in [0.1, 0.15) is 72.1 Å². The first-order valence-electron chi connectivity index (χ1n) is 7.33. The Bertz CT molecular complexity index is 254. The van der Waals surface area contributed by atoms with Crippen molar-refractivity contribution in [3.63, 3.8) is 0 Å². The first-order valence-corrected chi connectivity index (χ1v) is 7.33. The van der Waals surface area contributed by atoms with Gasteiger partial charge in [-0.15, -0.1) is 0 Å². The minimum absolute atomic E-state index is 0.412. The fraction of sp³-hybridized carbons (Fsp3) is 0.867. The molecule has 0 saturated heterocycles. The van der Waals surface area contributed by atoms with Crippen molar-refractivity contribution >= 4 is 0 Å². The lowest BCUT2D eigenvalue weighted by atomic mass is 9.96. The summed E-state index contributed by atoms with van der Waals surface area (Å²) >= 11 is 0. The lowest BCUT2D eigenvalue weighted by Crippen LogP contribution is -2.06. The van der Waals surface area contributed by atoms with E-state index >= 15 is 0 Å². The van der Waals surface area contributed by atoms with Crippen molar-refractivity contribution in [2.24, 2.45) is 16.1 Å². The molecule has 1 aliphatic heterocycles. The first kappa shape index (κ1) is 14.4. The minimum atomic E-state index is 0.412. The number of unbranched alkanes of at least 4 members (excludes halogenated alkanes) is 3. The van der Waals surface area contributed by atoms with E-state index in [1.165, 1.54) is 56.9 Å². The molecule has 0 N–H and O–H groups in total. The van der Waals surface area contributed by atoms with E-state index in [0.717, 1.165) is 5.92 Å². The van der Waals surface area contributed by atoms with Crippen LogP contribution < -0.4 is 0 Å². The standard InChI is InChI=1S/C15H28N2/c1-4-5-6-7-10-14-12-16-17-15(14)11-8-9-13(2)3/h12-13,15H,4-11H2,1-3H3. The van der Waals surface area contributed by atoms with Crippen LogP contribution in [0, 0.1) is 5.92 Å². The molecule has 2 heteroatoms. The van der Waals surface area contributed by atoms with E-state index in [1.807, 2.05) is 6.20 Å². The third kappa shape index (κ3) is 5.99. The molecule has 1 unspecified atom stereocenters. The highest BCUT2D eigenvalue weighted by atomic mass is 15.1. The van der Waals surface area contributed by atoms with Crippen LogP contribution in [-0.4, -0.2) is 6.04 Å². The van der Waals surface area contributed by atoms with Crippen LogP contribution in [0.2, 0.25) is 0 Å². The normalized spacial score (nSPS) is 19.1. The largest absolute Gasteiger partial charge is 0.181 e. The maximum atomic E-state index is 4.35. The number of azo groups is 1. The van der Waals surface area contributed by atoms with Crippen LogP contribution >= 0.6 is 0 Å². The van der Waals surface area contributed by atoms with E-state index in [1.54, 1.807) is 0 Å². The summed E-state index contributed by atoms with van der Waals surface area (Å²) in [5.41, 5.74) is 1.48. The summed E-state index contributed by atoms with van der Waals surface area (Å²) in [6.45, 7) is 6.84. The highest BCUT2D eigenvalue weighted by Gasteiger charge is 2.16. The lowest BCUT2D eigenvalue weighted by molar-refractivity contribution is 0.510. The zero-order valence-electron chi connectivity index (χ0n) is 11.8. The van der Waals surface area contributed by atoms with Crippen molar-refractivity contribution in [1.29, 1.82) is 0 Å². The minimum Gasteiger partial charge on any atom is -0.181 e. The zero-order chi connectivity index (χ0) is 12.5. The summed E-state index contributed by atoms with van der Waals surface area (Å²) in [5, 5.41) is 8.45. The summed E-state index contributed by atoms with van der Waals surface area (Å²) in [4.78, 5) is 0. The van der Waals surface area contributed by atoms with Crippen LogP contribution in [0.4, 0.5) is 0 Å². The van der Waals surface area contributed by atoms with Crippen molar-refractivity contribution < 1.29 is 0 Å². The van der Waals surface area contributed by atoms with Gasteiger partial charge in [-0.05, 0) is 30.8 Å². The highest BCUT2D eigenvalue weighted by molar-refractivity contribution is 5.13. The first-order chi connectivity index (χ1) is 8.24. The Hall–Kier alpha value is -0.660. The summed E-state index contributed by atoms with van der Waals surface area (Å²) in [7, 11) is 0. The molecule has 0 bridgehead atoms. The molecular weight excluding hydrogens is 208 g/mol. The summed E-state index contributed by atoms with van der Waals surface area (Å²) < 4.78 is 0. The second-order valence-electron chi connectivity index (χ2n) is 5.59. The van der Waals surface area contributed by atoms with Gasteiger partial charge in [-0.3, -0.25) is 0 Å². The maximum Gasteiger partial charge on any atom is 0.0940 e. The van der Waals surface area contributed by atoms with Gasteiger partial charge in [0.1, 0.15) is 0 Å². The van der Waals surface area contributed by atoms with Crippen LogP contribution in [0.25, 0.3) is 0 Å². The number of hydrogen-bond acceptors (Lipinski definition) is 2. The van der Waals surface area contributed by atoms with Gasteiger partial charge in [0.2, 0.25) is 0 Å². The maximum absolute atomic E-state index is 4.35. The molecule has 1 atom stereocenters. The summed E-state index contributed by atoms with van der Waals surface area (Å²) in [5.74, 6) is 0.810. The second kappa shape index (κ2) is 8.43. The molecule has 1 rings (SSSR count). The van der Waals surface area contributed by atoms with Crippen LogP contribution in [-0.2, 0) is 0 Å². The Morgan fingerprint density at radius 1 is 1.18 bits per heavy atom. The lowest BCUT2D eigenvalue weighted by Gasteiger charge is -2.12. The van der Waals surface area contributed by atoms with Crippen molar-refractivity contribution in [3.05, 3.63) is 11.8 Å². The van der Waals surface area contributed by atoms with Gasteiger partial charge < -0.3 is 0 Å². The fourth-order valence-corrected chi connectivity index (χ4v) is 2.30. The van der Waals surface area contributed by atoms with E-state index in [2.05, 4.69) is 31.0 Å². The van der Waals surface area contributed by atoms with Crippen LogP contribution in [0.15, 0.2) is 22.0 Å². The molecule has 0 aromatic carbocycles. The molecule has 1 heterocycles. The van der Waals surface area contributed by atoms with Crippen LogP contribution in [0.5, 0.6) is 0 Å². The summed E-state index contributed by atoms with van der Waals surface area (Å²) in [6.07, 6.45) is 12.3. The third-order valence-corrected chi connectivity index (χ3v) is 3.44. The Morgan fingerprint density at radius 2 is 2.00 bits per heavy atom. The predicted molar refractivity (Wildman–Crippen MR) is 74.2 cm³/mol. The molecule has 98 valence electrons. The van der Waals surface area contributed by atoms with Crippen molar-refractivity contribution in [2.75, 3.05) is 0 Å². The average molecular weight is 236 g/mol. The SMILES string of the molecule is CCCCCCC1=CN=NC1CCCC(C)C. The van der Waals surface area contributed by atoms with Crippen molar-refractivity contribution in [1.82, 2.24) is 0 Å². The Balaban J connectivity index is 2.16. The number of hydrogen-bond donors (Lipinski definition) is 0. The topological polar surface area (TPSA) is 24.7 Å². The molecular formula is C15H28N2. The van der Waals surface area contributed by atoms with E-state index in [-0.39, 0.29) is 0 Å². The molecule has 1 aliphatic rings. The van der Waals surface area contributed by atoms with E-state index in [4.69, 9.17) is 0 Å². The van der Waals surface area contributed by atoms with Gasteiger partial charge >= 0.3 is 0 Å². The van der Waals surface area contributed by atoms with Gasteiger partial charge in [-0.2, -0.15) is 10.2 Å². The Labute approximate surface area is 107 Å². The van der Waals surface area contributed by atoms with Gasteiger partial charge in [0.05, 0.1) is 12.2 Å². The molecule has 0 spiro atoms. The van der Waals surface area contributed by atoms with Crippen molar-refractivity contribution in [2.45, 2.75) is 78.2 Å². The Morgan fingerprint density at radius 3 is 2.71 bits per heavy atom. The molecule has 0 aliphatic carbocycles. The second-order valence-corrected chi connectivity index (χ2v) is 5.59.